The fourth-order valence-electron chi connectivity index (χ4n) is 3.26. The summed E-state index contributed by atoms with van der Waals surface area (Å²) in [6, 6.07) is 11.4. The molecule has 3 rings (SSSR count). The minimum Gasteiger partial charge on any atom is -0.340 e. The molecule has 0 saturated carbocycles. The lowest BCUT2D eigenvalue weighted by Gasteiger charge is -2.34. The zero-order chi connectivity index (χ0) is 23.1. The molecule has 11 heteroatoms. The van der Waals surface area contributed by atoms with Crippen LogP contribution in [0.4, 0.5) is 10.1 Å². The molecule has 1 heterocycles. The minimum absolute atomic E-state index is 0.00736. The van der Waals surface area contributed by atoms with Gasteiger partial charge < -0.3 is 10.2 Å². The van der Waals surface area contributed by atoms with E-state index in [1.807, 2.05) is 4.90 Å². The van der Waals surface area contributed by atoms with Gasteiger partial charge in [-0.1, -0.05) is 23.7 Å². The first kappa shape index (κ1) is 24.1. The van der Waals surface area contributed by atoms with E-state index in [1.165, 1.54) is 12.1 Å². The summed E-state index contributed by atoms with van der Waals surface area (Å²) in [5, 5.41) is 3.24. The van der Waals surface area contributed by atoms with Crippen molar-refractivity contribution in [2.45, 2.75) is 11.3 Å². The number of para-hydroxylation sites is 1. The summed E-state index contributed by atoms with van der Waals surface area (Å²) in [6.45, 7) is 2.08. The molecular weight excluding hydrogens is 459 g/mol. The zero-order valence-electron chi connectivity index (χ0n) is 17.3. The molecule has 0 bridgehead atoms. The molecule has 172 valence electrons. The number of halogens is 2. The first-order valence-corrected chi connectivity index (χ1v) is 11.9. The average Bonchev–Trinajstić information content (AvgIpc) is 2.76. The second kappa shape index (κ2) is 10.9. The summed E-state index contributed by atoms with van der Waals surface area (Å²) < 4.78 is 39.7. The fraction of sp³-hybridized carbons (Fsp3) is 0.333. The topological polar surface area (TPSA) is 98.8 Å². The second-order valence-electron chi connectivity index (χ2n) is 7.29. The molecule has 1 aliphatic rings. The van der Waals surface area contributed by atoms with Gasteiger partial charge in [0.25, 0.3) is 0 Å². The number of benzene rings is 2. The van der Waals surface area contributed by atoms with Crippen molar-refractivity contribution in [3.8, 4) is 0 Å². The Morgan fingerprint density at radius 3 is 2.31 bits per heavy atom. The van der Waals surface area contributed by atoms with E-state index in [9.17, 15) is 22.4 Å². The number of hydrogen-bond donors (Lipinski definition) is 2. The lowest BCUT2D eigenvalue weighted by atomic mass is 10.2. The molecule has 2 N–H and O–H groups in total. The zero-order valence-corrected chi connectivity index (χ0v) is 18.8. The Kier molecular flexibility index (Phi) is 8.19. The highest BCUT2D eigenvalue weighted by molar-refractivity contribution is 7.89. The van der Waals surface area contributed by atoms with Crippen LogP contribution in [0.5, 0.6) is 0 Å². The average molecular weight is 483 g/mol. The van der Waals surface area contributed by atoms with Crippen LogP contribution in [0.25, 0.3) is 0 Å². The van der Waals surface area contributed by atoms with E-state index in [-0.39, 0.29) is 36.2 Å². The van der Waals surface area contributed by atoms with E-state index in [0.29, 0.717) is 36.9 Å². The smallest absolute Gasteiger partial charge is 0.240 e. The number of carbonyl (C=O) groups is 2. The van der Waals surface area contributed by atoms with Crippen molar-refractivity contribution in [2.75, 3.05) is 44.6 Å². The van der Waals surface area contributed by atoms with Gasteiger partial charge in [-0.3, -0.25) is 14.5 Å². The van der Waals surface area contributed by atoms with E-state index in [4.69, 9.17) is 11.6 Å². The molecule has 0 spiro atoms. The van der Waals surface area contributed by atoms with E-state index in [1.54, 1.807) is 29.2 Å². The van der Waals surface area contributed by atoms with Crippen molar-refractivity contribution in [3.05, 3.63) is 59.4 Å². The molecule has 8 nitrogen and oxygen atoms in total. The number of anilines is 1. The first-order valence-electron chi connectivity index (χ1n) is 10.0. The summed E-state index contributed by atoms with van der Waals surface area (Å²) in [4.78, 5) is 28.2. The maximum Gasteiger partial charge on any atom is 0.240 e. The standard InChI is InChI=1S/C21H24ClFN4O4S/c22-18-3-1-2-4-19(18)25-20(28)15-26-11-13-27(14-12-26)21(29)9-10-24-32(30,31)17-7-5-16(23)6-8-17/h1-8,24H,9-15H2,(H,25,28). The van der Waals surface area contributed by atoms with Crippen LogP contribution in [0.2, 0.25) is 5.02 Å². The van der Waals surface area contributed by atoms with Crippen molar-refractivity contribution >= 4 is 39.1 Å². The normalized spacial score (nSPS) is 14.9. The molecule has 1 fully saturated rings. The number of hydrogen-bond acceptors (Lipinski definition) is 5. The van der Waals surface area contributed by atoms with Crippen LogP contribution in [-0.4, -0.2) is 69.3 Å². The monoisotopic (exact) mass is 482 g/mol. The summed E-state index contributed by atoms with van der Waals surface area (Å²) in [5.74, 6) is -0.889. The Labute approximate surface area is 191 Å². The molecule has 0 atom stereocenters. The molecule has 0 radical (unpaired) electrons. The summed E-state index contributed by atoms with van der Waals surface area (Å²) >= 11 is 6.05. The number of amides is 2. The Hall–Kier alpha value is -2.53. The lowest BCUT2D eigenvalue weighted by Crippen LogP contribution is -2.50. The first-order chi connectivity index (χ1) is 15.2. The van der Waals surface area contributed by atoms with E-state index >= 15 is 0 Å². The largest absolute Gasteiger partial charge is 0.340 e. The van der Waals surface area contributed by atoms with Crippen molar-refractivity contribution in [1.82, 2.24) is 14.5 Å². The van der Waals surface area contributed by atoms with Gasteiger partial charge in [-0.15, -0.1) is 0 Å². The van der Waals surface area contributed by atoms with Gasteiger partial charge in [-0.2, -0.15) is 0 Å². The molecule has 0 aliphatic carbocycles. The van der Waals surface area contributed by atoms with Crippen LogP contribution in [-0.2, 0) is 19.6 Å². The highest BCUT2D eigenvalue weighted by atomic mass is 35.5. The van der Waals surface area contributed by atoms with Crippen LogP contribution in [0, 0.1) is 5.82 Å². The number of sulfonamides is 1. The van der Waals surface area contributed by atoms with Crippen LogP contribution in [0.15, 0.2) is 53.4 Å². The van der Waals surface area contributed by atoms with Gasteiger partial charge in [0, 0.05) is 39.1 Å². The van der Waals surface area contributed by atoms with Gasteiger partial charge >= 0.3 is 0 Å². The van der Waals surface area contributed by atoms with Crippen molar-refractivity contribution in [3.63, 3.8) is 0 Å². The Morgan fingerprint density at radius 2 is 1.66 bits per heavy atom. The maximum absolute atomic E-state index is 13.0. The Morgan fingerprint density at radius 1 is 1.00 bits per heavy atom. The molecule has 32 heavy (non-hydrogen) atoms. The third-order valence-corrected chi connectivity index (χ3v) is 6.80. The third kappa shape index (κ3) is 6.73. The van der Waals surface area contributed by atoms with Crippen LogP contribution >= 0.6 is 11.6 Å². The number of nitrogens with zero attached hydrogens (tertiary/aromatic N) is 2. The van der Waals surface area contributed by atoms with E-state index in [0.717, 1.165) is 12.1 Å². The fourth-order valence-corrected chi connectivity index (χ4v) is 4.47. The van der Waals surface area contributed by atoms with Gasteiger partial charge in [0.1, 0.15) is 5.82 Å². The summed E-state index contributed by atoms with van der Waals surface area (Å²) in [6.07, 6.45) is 0.00736. The molecule has 2 aromatic rings. The number of rotatable bonds is 8. The highest BCUT2D eigenvalue weighted by Crippen LogP contribution is 2.20. The molecule has 1 saturated heterocycles. The van der Waals surface area contributed by atoms with E-state index in [2.05, 4.69) is 10.0 Å². The van der Waals surface area contributed by atoms with Gasteiger partial charge in [0.2, 0.25) is 21.8 Å². The minimum atomic E-state index is -3.80. The van der Waals surface area contributed by atoms with Crippen LogP contribution < -0.4 is 10.0 Å². The van der Waals surface area contributed by atoms with Gasteiger partial charge in [0.15, 0.2) is 0 Å². The Bertz CT molecular complexity index is 1060. The van der Waals surface area contributed by atoms with Gasteiger partial charge in [-0.05, 0) is 36.4 Å². The molecule has 2 amide bonds. The predicted octanol–water partition coefficient (Wildman–Crippen LogP) is 1.93. The molecule has 0 unspecified atom stereocenters. The quantitative estimate of drug-likeness (QED) is 0.599. The number of carbonyl (C=O) groups excluding carboxylic acids is 2. The molecule has 0 aromatic heterocycles. The summed E-state index contributed by atoms with van der Waals surface area (Å²) in [7, 11) is -3.80. The van der Waals surface area contributed by atoms with Crippen molar-refractivity contribution < 1.29 is 22.4 Å². The van der Waals surface area contributed by atoms with Crippen molar-refractivity contribution in [2.24, 2.45) is 0 Å². The van der Waals surface area contributed by atoms with Crippen LogP contribution in [0.1, 0.15) is 6.42 Å². The predicted molar refractivity (Wildman–Crippen MR) is 119 cm³/mol. The van der Waals surface area contributed by atoms with Crippen molar-refractivity contribution in [1.29, 1.82) is 0 Å². The van der Waals surface area contributed by atoms with Gasteiger partial charge in [0.05, 0.1) is 22.2 Å². The van der Waals surface area contributed by atoms with Crippen LogP contribution in [0.3, 0.4) is 0 Å². The number of piperazine rings is 1. The van der Waals surface area contributed by atoms with Gasteiger partial charge in [-0.25, -0.2) is 17.5 Å². The lowest BCUT2D eigenvalue weighted by molar-refractivity contribution is -0.132. The summed E-state index contributed by atoms with van der Waals surface area (Å²) in [5.41, 5.74) is 0.552. The second-order valence-corrected chi connectivity index (χ2v) is 9.46. The Balaban J connectivity index is 1.39. The molecule has 2 aromatic carbocycles. The van der Waals surface area contributed by atoms with E-state index < -0.39 is 15.8 Å². The SMILES string of the molecule is O=C(CN1CCN(C(=O)CCNS(=O)(=O)c2ccc(F)cc2)CC1)Nc1ccccc1Cl. The molecular formula is C21H24ClFN4O4S. The number of nitrogens with one attached hydrogen (secondary N) is 2. The molecule has 1 aliphatic heterocycles. The third-order valence-electron chi connectivity index (χ3n) is 5.00. The highest BCUT2D eigenvalue weighted by Gasteiger charge is 2.23. The maximum atomic E-state index is 13.0.